The number of hydrazone groups is 1. The van der Waals surface area contributed by atoms with Crippen molar-refractivity contribution >= 4 is 11.6 Å². The first-order valence-corrected chi connectivity index (χ1v) is 6.34. The molecule has 1 aromatic carbocycles. The maximum Gasteiger partial charge on any atom is 0.241 e. The van der Waals surface area contributed by atoms with Crippen molar-refractivity contribution in [1.29, 1.82) is 0 Å². The fourth-order valence-electron chi connectivity index (χ4n) is 2.94. The Morgan fingerprint density at radius 2 is 2.37 bits per heavy atom. The SMILES string of the molecule is COc1ccc2c(c1)CCC1(CO)CC(=O)NN=C21. The smallest absolute Gasteiger partial charge is 0.241 e. The number of benzene rings is 1. The number of ether oxygens (including phenoxy) is 1. The molecule has 0 saturated heterocycles. The standard InChI is InChI=1S/C14H16N2O3/c1-19-10-2-3-11-9(6-10)4-5-14(8-17)7-12(18)15-16-13(11)14/h2-3,6,17H,4-5,7-8H2,1H3,(H,15,18). The number of amides is 1. The summed E-state index contributed by atoms with van der Waals surface area (Å²) in [5.74, 6) is 0.686. The number of aryl methyl sites for hydroxylation is 1. The molecule has 1 unspecified atom stereocenters. The van der Waals surface area contributed by atoms with Gasteiger partial charge in [-0.1, -0.05) is 0 Å². The van der Waals surface area contributed by atoms with Crippen LogP contribution in [0.2, 0.25) is 0 Å². The maximum absolute atomic E-state index is 11.5. The van der Waals surface area contributed by atoms with Crippen LogP contribution in [-0.4, -0.2) is 30.4 Å². The van der Waals surface area contributed by atoms with Crippen LogP contribution in [0.25, 0.3) is 0 Å². The number of carbonyl (C=O) groups is 1. The second-order valence-corrected chi connectivity index (χ2v) is 5.13. The van der Waals surface area contributed by atoms with Gasteiger partial charge in [0.05, 0.1) is 19.4 Å². The van der Waals surface area contributed by atoms with Gasteiger partial charge in [-0.25, -0.2) is 5.43 Å². The van der Waals surface area contributed by atoms with E-state index in [0.29, 0.717) is 6.42 Å². The number of rotatable bonds is 2. The van der Waals surface area contributed by atoms with Crippen molar-refractivity contribution in [3.63, 3.8) is 0 Å². The Balaban J connectivity index is 2.11. The number of nitrogens with zero attached hydrogens (tertiary/aromatic N) is 1. The first-order chi connectivity index (χ1) is 9.18. The molecule has 19 heavy (non-hydrogen) atoms. The lowest BCUT2D eigenvalue weighted by molar-refractivity contribution is -0.124. The lowest BCUT2D eigenvalue weighted by Crippen LogP contribution is -2.47. The summed E-state index contributed by atoms with van der Waals surface area (Å²) in [5, 5.41) is 13.9. The highest BCUT2D eigenvalue weighted by Gasteiger charge is 2.44. The second-order valence-electron chi connectivity index (χ2n) is 5.13. The molecule has 0 bridgehead atoms. The van der Waals surface area contributed by atoms with Crippen LogP contribution in [0.4, 0.5) is 0 Å². The van der Waals surface area contributed by atoms with Gasteiger partial charge in [-0.05, 0) is 36.6 Å². The van der Waals surface area contributed by atoms with E-state index in [9.17, 15) is 9.90 Å². The number of carbonyl (C=O) groups excluding carboxylic acids is 1. The molecule has 2 N–H and O–H groups in total. The predicted molar refractivity (Wildman–Crippen MR) is 70.1 cm³/mol. The highest BCUT2D eigenvalue weighted by Crippen LogP contribution is 2.40. The zero-order valence-electron chi connectivity index (χ0n) is 10.8. The molecule has 2 aliphatic rings. The maximum atomic E-state index is 11.5. The predicted octanol–water partition coefficient (Wildman–Crippen LogP) is 0.844. The van der Waals surface area contributed by atoms with Crippen LogP contribution >= 0.6 is 0 Å². The second kappa shape index (κ2) is 4.35. The van der Waals surface area contributed by atoms with Crippen molar-refractivity contribution in [3.8, 4) is 5.75 Å². The van der Waals surface area contributed by atoms with Crippen molar-refractivity contribution < 1.29 is 14.6 Å². The molecule has 0 radical (unpaired) electrons. The Kier molecular flexibility index (Phi) is 2.78. The van der Waals surface area contributed by atoms with E-state index in [0.717, 1.165) is 35.4 Å². The molecule has 1 heterocycles. The van der Waals surface area contributed by atoms with Gasteiger partial charge in [0, 0.05) is 17.4 Å². The molecule has 1 aliphatic carbocycles. The topological polar surface area (TPSA) is 70.9 Å². The van der Waals surface area contributed by atoms with Crippen molar-refractivity contribution in [2.75, 3.05) is 13.7 Å². The van der Waals surface area contributed by atoms with Crippen molar-refractivity contribution in [1.82, 2.24) is 5.43 Å². The van der Waals surface area contributed by atoms with Crippen LogP contribution in [-0.2, 0) is 11.2 Å². The minimum atomic E-state index is -0.524. The van der Waals surface area contributed by atoms with Gasteiger partial charge >= 0.3 is 0 Å². The quantitative estimate of drug-likeness (QED) is 0.828. The van der Waals surface area contributed by atoms with Crippen molar-refractivity contribution in [2.24, 2.45) is 10.5 Å². The fourth-order valence-corrected chi connectivity index (χ4v) is 2.94. The van der Waals surface area contributed by atoms with Gasteiger partial charge in [0.1, 0.15) is 5.75 Å². The summed E-state index contributed by atoms with van der Waals surface area (Å²) in [6.45, 7) is -0.0509. The van der Waals surface area contributed by atoms with Gasteiger partial charge in [-0.2, -0.15) is 5.10 Å². The largest absolute Gasteiger partial charge is 0.497 e. The molecule has 0 fully saturated rings. The van der Waals surface area contributed by atoms with Crippen LogP contribution in [0.15, 0.2) is 23.3 Å². The average Bonchev–Trinajstić information content (AvgIpc) is 2.46. The van der Waals surface area contributed by atoms with E-state index in [2.05, 4.69) is 10.5 Å². The van der Waals surface area contributed by atoms with Crippen molar-refractivity contribution in [3.05, 3.63) is 29.3 Å². The summed E-state index contributed by atoms with van der Waals surface area (Å²) in [7, 11) is 1.64. The molecular formula is C14H16N2O3. The third-order valence-electron chi connectivity index (χ3n) is 4.04. The van der Waals surface area contributed by atoms with Crippen LogP contribution in [0.3, 0.4) is 0 Å². The van der Waals surface area contributed by atoms with Gasteiger partial charge in [-0.3, -0.25) is 4.79 Å². The van der Waals surface area contributed by atoms with E-state index >= 15 is 0 Å². The highest BCUT2D eigenvalue weighted by molar-refractivity contribution is 6.10. The molecule has 0 spiro atoms. The Bertz CT molecular complexity index is 568. The first kappa shape index (κ1) is 12.2. The molecule has 5 nitrogen and oxygen atoms in total. The molecule has 0 saturated carbocycles. The van der Waals surface area contributed by atoms with Gasteiger partial charge in [-0.15, -0.1) is 0 Å². The van der Waals surface area contributed by atoms with Crippen molar-refractivity contribution in [2.45, 2.75) is 19.3 Å². The summed E-state index contributed by atoms with van der Waals surface area (Å²) in [5.41, 5.74) is 4.94. The monoisotopic (exact) mass is 260 g/mol. The van der Waals surface area contributed by atoms with E-state index < -0.39 is 5.41 Å². The number of aliphatic hydroxyl groups is 1. The average molecular weight is 260 g/mol. The Morgan fingerprint density at radius 1 is 1.53 bits per heavy atom. The minimum absolute atomic E-state index is 0.0509. The molecule has 1 atom stereocenters. The molecule has 0 aromatic heterocycles. The molecule has 1 amide bonds. The molecule has 1 aliphatic heterocycles. The van der Waals surface area contributed by atoms with Crippen LogP contribution in [0, 0.1) is 5.41 Å². The zero-order chi connectivity index (χ0) is 13.5. The molecule has 5 heteroatoms. The summed E-state index contributed by atoms with van der Waals surface area (Å²) in [6.07, 6.45) is 1.85. The first-order valence-electron chi connectivity index (χ1n) is 6.34. The zero-order valence-corrected chi connectivity index (χ0v) is 10.8. The fraction of sp³-hybridized carbons (Fsp3) is 0.429. The van der Waals surface area contributed by atoms with E-state index in [1.165, 1.54) is 0 Å². The van der Waals surface area contributed by atoms with Gasteiger partial charge in [0.15, 0.2) is 0 Å². The third kappa shape index (κ3) is 1.81. The third-order valence-corrected chi connectivity index (χ3v) is 4.04. The number of nitrogens with one attached hydrogen (secondary N) is 1. The van der Waals surface area contributed by atoms with Gasteiger partial charge in [0.2, 0.25) is 5.91 Å². The summed E-state index contributed by atoms with van der Waals surface area (Å²) >= 11 is 0. The summed E-state index contributed by atoms with van der Waals surface area (Å²) in [6, 6.07) is 5.83. The van der Waals surface area contributed by atoms with E-state index in [1.807, 2.05) is 18.2 Å². The number of fused-ring (bicyclic) bond motifs is 3. The molecule has 100 valence electrons. The summed E-state index contributed by atoms with van der Waals surface area (Å²) in [4.78, 5) is 11.5. The lowest BCUT2D eigenvalue weighted by Gasteiger charge is -2.39. The Morgan fingerprint density at radius 3 is 3.11 bits per heavy atom. The Hall–Kier alpha value is -1.88. The normalized spacial score (nSPS) is 24.9. The number of hydrogen-bond donors (Lipinski definition) is 2. The molecule has 3 rings (SSSR count). The van der Waals surface area contributed by atoms with Crippen LogP contribution < -0.4 is 10.2 Å². The lowest BCUT2D eigenvalue weighted by atomic mass is 9.68. The van der Waals surface area contributed by atoms with E-state index in [-0.39, 0.29) is 12.5 Å². The Labute approximate surface area is 111 Å². The highest BCUT2D eigenvalue weighted by atomic mass is 16.5. The molecular weight excluding hydrogens is 244 g/mol. The molecule has 1 aromatic rings. The van der Waals surface area contributed by atoms with Crippen LogP contribution in [0.1, 0.15) is 24.0 Å². The number of aliphatic hydroxyl groups excluding tert-OH is 1. The van der Waals surface area contributed by atoms with E-state index in [4.69, 9.17) is 4.74 Å². The summed E-state index contributed by atoms with van der Waals surface area (Å²) < 4.78 is 5.23. The number of hydrogen-bond acceptors (Lipinski definition) is 4. The van der Waals surface area contributed by atoms with E-state index in [1.54, 1.807) is 7.11 Å². The van der Waals surface area contributed by atoms with Crippen LogP contribution in [0.5, 0.6) is 5.75 Å². The van der Waals surface area contributed by atoms with Gasteiger partial charge in [0.25, 0.3) is 0 Å². The minimum Gasteiger partial charge on any atom is -0.497 e. The van der Waals surface area contributed by atoms with Gasteiger partial charge < -0.3 is 9.84 Å². The number of methoxy groups -OCH3 is 1.